The molecule has 6 nitrogen and oxygen atoms in total. The molecule has 0 amide bonds. The van der Waals surface area contributed by atoms with Crippen molar-refractivity contribution >= 4 is 32.7 Å². The fourth-order valence-electron chi connectivity index (χ4n) is 3.24. The number of imidazole rings is 1. The van der Waals surface area contributed by atoms with Crippen molar-refractivity contribution < 1.29 is 0 Å². The van der Waals surface area contributed by atoms with E-state index in [2.05, 4.69) is 53.5 Å². The standard InChI is InChI=1S/C22H17BrN6/c23-16-8-6-15(7-9-16)21-27-22(29-28-21)17-3-1-2-4-18(17)24-12-14-5-10-19-20(11-14)26-13-25-19/h1-11,13,24H,12H2,(H,25,26)(H,27,28,29). The molecule has 0 aliphatic heterocycles. The molecule has 0 fully saturated rings. The van der Waals surface area contributed by atoms with E-state index in [1.54, 1.807) is 6.33 Å². The molecule has 0 radical (unpaired) electrons. The van der Waals surface area contributed by atoms with Gasteiger partial charge in [0, 0.05) is 27.8 Å². The van der Waals surface area contributed by atoms with Gasteiger partial charge in [0.25, 0.3) is 0 Å². The van der Waals surface area contributed by atoms with E-state index in [4.69, 9.17) is 4.98 Å². The van der Waals surface area contributed by atoms with Gasteiger partial charge in [0.15, 0.2) is 11.6 Å². The van der Waals surface area contributed by atoms with Crippen molar-refractivity contribution in [3.8, 4) is 22.8 Å². The van der Waals surface area contributed by atoms with Crippen LogP contribution in [0.15, 0.2) is 77.5 Å². The molecule has 0 saturated carbocycles. The zero-order valence-electron chi connectivity index (χ0n) is 15.4. The van der Waals surface area contributed by atoms with Gasteiger partial charge < -0.3 is 10.3 Å². The number of para-hydroxylation sites is 1. The number of halogens is 1. The predicted molar refractivity (Wildman–Crippen MR) is 118 cm³/mol. The van der Waals surface area contributed by atoms with Crippen LogP contribution in [0.2, 0.25) is 0 Å². The Labute approximate surface area is 175 Å². The summed E-state index contributed by atoms with van der Waals surface area (Å²) < 4.78 is 1.03. The zero-order valence-corrected chi connectivity index (χ0v) is 16.9. The van der Waals surface area contributed by atoms with E-state index in [1.165, 1.54) is 5.56 Å². The number of nitrogens with zero attached hydrogens (tertiary/aromatic N) is 3. The Balaban J connectivity index is 1.40. The lowest BCUT2D eigenvalue weighted by Gasteiger charge is -2.10. The fourth-order valence-corrected chi connectivity index (χ4v) is 3.51. The number of anilines is 1. The van der Waals surface area contributed by atoms with Crippen LogP contribution in [0.1, 0.15) is 5.56 Å². The molecule has 2 heterocycles. The number of nitrogens with one attached hydrogen (secondary N) is 3. The maximum atomic E-state index is 4.69. The summed E-state index contributed by atoms with van der Waals surface area (Å²) in [5.74, 6) is 1.40. The largest absolute Gasteiger partial charge is 0.380 e. The lowest BCUT2D eigenvalue weighted by atomic mass is 10.1. The molecule has 5 aromatic rings. The number of benzene rings is 3. The van der Waals surface area contributed by atoms with Crippen LogP contribution in [-0.2, 0) is 6.54 Å². The first-order chi connectivity index (χ1) is 14.3. The summed E-state index contributed by atoms with van der Waals surface area (Å²) in [7, 11) is 0. The average Bonchev–Trinajstić information content (AvgIpc) is 3.42. The average molecular weight is 445 g/mol. The minimum atomic E-state index is 0.673. The van der Waals surface area contributed by atoms with Crippen LogP contribution >= 0.6 is 15.9 Å². The van der Waals surface area contributed by atoms with Crippen LogP contribution in [0.3, 0.4) is 0 Å². The van der Waals surface area contributed by atoms with Gasteiger partial charge in [-0.05, 0) is 42.0 Å². The molecular formula is C22H17BrN6. The molecule has 0 unspecified atom stereocenters. The van der Waals surface area contributed by atoms with Gasteiger partial charge in [0.05, 0.1) is 17.4 Å². The highest BCUT2D eigenvalue weighted by molar-refractivity contribution is 9.10. The SMILES string of the molecule is Brc1ccc(-c2n[nH]c(-c3ccccc3NCc3ccc4nc[nH]c4c3)n2)cc1. The summed E-state index contributed by atoms with van der Waals surface area (Å²) in [4.78, 5) is 12.1. The summed E-state index contributed by atoms with van der Waals surface area (Å²) >= 11 is 3.45. The third-order valence-corrected chi connectivity index (χ3v) is 5.27. The molecule has 3 aromatic carbocycles. The van der Waals surface area contributed by atoms with Crippen molar-refractivity contribution in [1.82, 2.24) is 25.1 Å². The van der Waals surface area contributed by atoms with E-state index in [0.717, 1.165) is 38.1 Å². The highest BCUT2D eigenvalue weighted by atomic mass is 79.9. The van der Waals surface area contributed by atoms with Crippen LogP contribution in [0.5, 0.6) is 0 Å². The molecule has 0 aliphatic carbocycles. The normalized spacial score (nSPS) is 11.1. The van der Waals surface area contributed by atoms with Crippen molar-refractivity contribution in [3.63, 3.8) is 0 Å². The van der Waals surface area contributed by atoms with E-state index in [9.17, 15) is 0 Å². The molecule has 7 heteroatoms. The van der Waals surface area contributed by atoms with Gasteiger partial charge in [-0.2, -0.15) is 5.10 Å². The summed E-state index contributed by atoms with van der Waals surface area (Å²) in [6.45, 7) is 0.694. The highest BCUT2D eigenvalue weighted by Crippen LogP contribution is 2.27. The minimum Gasteiger partial charge on any atom is -0.380 e. The number of hydrogen-bond acceptors (Lipinski definition) is 4. The van der Waals surface area contributed by atoms with Crippen molar-refractivity contribution in [3.05, 3.63) is 83.1 Å². The third-order valence-electron chi connectivity index (χ3n) is 4.74. The zero-order chi connectivity index (χ0) is 19.6. The van der Waals surface area contributed by atoms with E-state index in [1.807, 2.05) is 54.6 Å². The monoisotopic (exact) mass is 444 g/mol. The molecular weight excluding hydrogens is 428 g/mol. The van der Waals surface area contributed by atoms with Gasteiger partial charge in [0.2, 0.25) is 0 Å². The molecule has 0 bridgehead atoms. The van der Waals surface area contributed by atoms with Crippen molar-refractivity contribution in [1.29, 1.82) is 0 Å². The van der Waals surface area contributed by atoms with Gasteiger partial charge in [-0.25, -0.2) is 9.97 Å². The Morgan fingerprint density at radius 1 is 0.966 bits per heavy atom. The molecule has 5 rings (SSSR count). The Hall–Kier alpha value is -3.45. The second-order valence-corrected chi connectivity index (χ2v) is 7.58. The maximum Gasteiger partial charge on any atom is 0.181 e. The Morgan fingerprint density at radius 3 is 2.72 bits per heavy atom. The van der Waals surface area contributed by atoms with Crippen LogP contribution in [-0.4, -0.2) is 25.1 Å². The number of aromatic amines is 2. The number of hydrogen-bond donors (Lipinski definition) is 3. The predicted octanol–water partition coefficient (Wildman–Crippen LogP) is 5.39. The van der Waals surface area contributed by atoms with E-state index in [0.29, 0.717) is 12.4 Å². The van der Waals surface area contributed by atoms with Gasteiger partial charge in [-0.15, -0.1) is 0 Å². The van der Waals surface area contributed by atoms with Crippen molar-refractivity contribution in [2.45, 2.75) is 6.54 Å². The van der Waals surface area contributed by atoms with Crippen LogP contribution in [0.25, 0.3) is 33.8 Å². The van der Waals surface area contributed by atoms with Crippen LogP contribution in [0, 0.1) is 0 Å². The quantitative estimate of drug-likeness (QED) is 0.339. The second-order valence-electron chi connectivity index (χ2n) is 6.67. The van der Waals surface area contributed by atoms with Crippen molar-refractivity contribution in [2.75, 3.05) is 5.32 Å². The van der Waals surface area contributed by atoms with Gasteiger partial charge in [0.1, 0.15) is 0 Å². The highest BCUT2D eigenvalue weighted by Gasteiger charge is 2.11. The lowest BCUT2D eigenvalue weighted by Crippen LogP contribution is -2.01. The van der Waals surface area contributed by atoms with E-state index < -0.39 is 0 Å². The summed E-state index contributed by atoms with van der Waals surface area (Å²) in [6.07, 6.45) is 1.71. The number of fused-ring (bicyclic) bond motifs is 1. The molecule has 0 aliphatic rings. The first kappa shape index (κ1) is 17.6. The minimum absolute atomic E-state index is 0.673. The molecule has 0 atom stereocenters. The van der Waals surface area contributed by atoms with Gasteiger partial charge in [-0.1, -0.05) is 46.3 Å². The van der Waals surface area contributed by atoms with Crippen LogP contribution in [0.4, 0.5) is 5.69 Å². The maximum absolute atomic E-state index is 4.69. The number of aromatic nitrogens is 5. The van der Waals surface area contributed by atoms with Crippen LogP contribution < -0.4 is 5.32 Å². The number of H-pyrrole nitrogens is 2. The molecule has 0 spiro atoms. The lowest BCUT2D eigenvalue weighted by molar-refractivity contribution is 1.10. The molecule has 3 N–H and O–H groups in total. The first-order valence-corrected chi connectivity index (χ1v) is 9.99. The summed E-state index contributed by atoms with van der Waals surface area (Å²) in [5.41, 5.74) is 6.11. The second kappa shape index (κ2) is 7.52. The Bertz CT molecular complexity index is 1270. The summed E-state index contributed by atoms with van der Waals surface area (Å²) in [6, 6.07) is 22.3. The van der Waals surface area contributed by atoms with Crippen molar-refractivity contribution in [2.24, 2.45) is 0 Å². The van der Waals surface area contributed by atoms with E-state index in [-0.39, 0.29) is 0 Å². The third kappa shape index (κ3) is 3.64. The topological polar surface area (TPSA) is 82.3 Å². The Kier molecular flexibility index (Phi) is 4.57. The first-order valence-electron chi connectivity index (χ1n) is 9.20. The Morgan fingerprint density at radius 2 is 1.83 bits per heavy atom. The molecule has 29 heavy (non-hydrogen) atoms. The molecule has 142 valence electrons. The number of rotatable bonds is 5. The molecule has 0 saturated heterocycles. The molecule has 2 aromatic heterocycles. The van der Waals surface area contributed by atoms with Gasteiger partial charge >= 0.3 is 0 Å². The van der Waals surface area contributed by atoms with E-state index >= 15 is 0 Å². The van der Waals surface area contributed by atoms with Gasteiger partial charge in [-0.3, -0.25) is 5.10 Å². The summed E-state index contributed by atoms with van der Waals surface area (Å²) in [5, 5.41) is 11.0. The smallest absolute Gasteiger partial charge is 0.181 e. The fraction of sp³-hybridized carbons (Fsp3) is 0.0455.